The van der Waals surface area contributed by atoms with Gasteiger partial charge in [0.25, 0.3) is 0 Å². The number of nitrogens with zero attached hydrogens (tertiary/aromatic N) is 4. The van der Waals surface area contributed by atoms with Crippen molar-refractivity contribution >= 4 is 15.7 Å². The van der Waals surface area contributed by atoms with Crippen LogP contribution in [-0.4, -0.2) is 49.0 Å². The molecule has 0 atom stereocenters. The van der Waals surface area contributed by atoms with Crippen molar-refractivity contribution in [1.82, 2.24) is 14.4 Å². The molecular formula is C21H24N4O3S. The summed E-state index contributed by atoms with van der Waals surface area (Å²) in [5.74, 6) is 0.939. The summed E-state index contributed by atoms with van der Waals surface area (Å²) in [6.45, 7) is 5.95. The standard InChI is InChI=1S/C21H24N4O3S/c1-3-20-22-21(23-28-20)17-10-9-16(2)19(15-17)29(26,27)25-13-11-24(12-14-25)18-7-5-4-6-8-18/h4-10,15H,3,11-14H2,1-2H3. The van der Waals surface area contributed by atoms with Gasteiger partial charge in [-0.25, -0.2) is 8.42 Å². The molecule has 0 bridgehead atoms. The van der Waals surface area contributed by atoms with Crippen LogP contribution in [0.2, 0.25) is 0 Å². The number of para-hydroxylation sites is 1. The van der Waals surface area contributed by atoms with Gasteiger partial charge in [-0.05, 0) is 30.7 Å². The molecule has 2 heterocycles. The Labute approximate surface area is 171 Å². The van der Waals surface area contributed by atoms with Crippen LogP contribution in [0.5, 0.6) is 0 Å². The number of benzene rings is 2. The van der Waals surface area contributed by atoms with Gasteiger partial charge < -0.3 is 9.42 Å². The van der Waals surface area contributed by atoms with Crippen LogP contribution < -0.4 is 4.90 Å². The summed E-state index contributed by atoms with van der Waals surface area (Å²) in [7, 11) is -3.61. The first-order valence-electron chi connectivity index (χ1n) is 9.73. The lowest BCUT2D eigenvalue weighted by molar-refractivity contribution is 0.382. The Morgan fingerprint density at radius 2 is 1.76 bits per heavy atom. The molecule has 2 aromatic carbocycles. The van der Waals surface area contributed by atoms with E-state index in [0.717, 1.165) is 5.69 Å². The normalized spacial score (nSPS) is 15.6. The zero-order valence-corrected chi connectivity index (χ0v) is 17.4. The molecule has 0 saturated carbocycles. The molecule has 1 fully saturated rings. The smallest absolute Gasteiger partial charge is 0.243 e. The third kappa shape index (κ3) is 3.90. The highest BCUT2D eigenvalue weighted by molar-refractivity contribution is 7.89. The maximum atomic E-state index is 13.3. The Morgan fingerprint density at radius 3 is 2.41 bits per heavy atom. The molecule has 4 rings (SSSR count). The molecule has 0 amide bonds. The third-order valence-corrected chi connectivity index (χ3v) is 7.24. The van der Waals surface area contributed by atoms with Gasteiger partial charge >= 0.3 is 0 Å². The molecule has 0 unspecified atom stereocenters. The predicted octanol–water partition coefficient (Wildman–Crippen LogP) is 3.12. The van der Waals surface area contributed by atoms with Crippen LogP contribution in [0.1, 0.15) is 18.4 Å². The number of hydrogen-bond donors (Lipinski definition) is 0. The Balaban J connectivity index is 1.57. The second-order valence-corrected chi connectivity index (χ2v) is 8.98. The fourth-order valence-electron chi connectivity index (χ4n) is 3.50. The molecule has 3 aromatic rings. The van der Waals surface area contributed by atoms with Gasteiger partial charge in [0.05, 0.1) is 4.90 Å². The first-order valence-corrected chi connectivity index (χ1v) is 11.2. The van der Waals surface area contributed by atoms with E-state index in [1.807, 2.05) is 50.2 Å². The van der Waals surface area contributed by atoms with E-state index in [-0.39, 0.29) is 0 Å². The van der Waals surface area contributed by atoms with E-state index in [1.54, 1.807) is 16.4 Å². The van der Waals surface area contributed by atoms with Crippen molar-refractivity contribution in [3.05, 3.63) is 60.0 Å². The zero-order valence-electron chi connectivity index (χ0n) is 16.6. The van der Waals surface area contributed by atoms with Gasteiger partial charge in [-0.15, -0.1) is 0 Å². The van der Waals surface area contributed by atoms with E-state index >= 15 is 0 Å². The molecule has 29 heavy (non-hydrogen) atoms. The van der Waals surface area contributed by atoms with Gasteiger partial charge in [0.1, 0.15) is 0 Å². The summed E-state index contributed by atoms with van der Waals surface area (Å²) in [6, 6.07) is 15.3. The molecule has 0 spiro atoms. The lowest BCUT2D eigenvalue weighted by Crippen LogP contribution is -2.48. The van der Waals surface area contributed by atoms with E-state index in [4.69, 9.17) is 4.52 Å². The van der Waals surface area contributed by atoms with Crippen molar-refractivity contribution in [2.45, 2.75) is 25.2 Å². The van der Waals surface area contributed by atoms with Gasteiger partial charge in [-0.2, -0.15) is 9.29 Å². The summed E-state index contributed by atoms with van der Waals surface area (Å²) in [5, 5.41) is 3.96. The molecule has 7 nitrogen and oxygen atoms in total. The summed E-state index contributed by atoms with van der Waals surface area (Å²) >= 11 is 0. The molecule has 1 aliphatic rings. The highest BCUT2D eigenvalue weighted by Gasteiger charge is 2.30. The SMILES string of the molecule is CCc1nc(-c2ccc(C)c(S(=O)(=O)N3CCN(c4ccccc4)CC3)c2)no1. The van der Waals surface area contributed by atoms with Crippen molar-refractivity contribution in [1.29, 1.82) is 0 Å². The molecule has 0 radical (unpaired) electrons. The topological polar surface area (TPSA) is 79.5 Å². The van der Waals surface area contributed by atoms with Crippen LogP contribution in [0.3, 0.4) is 0 Å². The number of piperazine rings is 1. The van der Waals surface area contributed by atoms with Gasteiger partial charge in [0.15, 0.2) is 0 Å². The Hall–Kier alpha value is -2.71. The predicted molar refractivity (Wildman–Crippen MR) is 111 cm³/mol. The molecule has 0 N–H and O–H groups in total. The van der Waals surface area contributed by atoms with Crippen LogP contribution in [0.15, 0.2) is 57.9 Å². The van der Waals surface area contributed by atoms with Gasteiger partial charge in [0, 0.05) is 43.9 Å². The summed E-state index contributed by atoms with van der Waals surface area (Å²) < 4.78 is 33.4. The molecule has 1 aliphatic heterocycles. The van der Waals surface area contributed by atoms with Crippen LogP contribution in [0.25, 0.3) is 11.4 Å². The molecule has 8 heteroatoms. The van der Waals surface area contributed by atoms with Gasteiger partial charge in [0.2, 0.25) is 21.7 Å². The van der Waals surface area contributed by atoms with E-state index in [2.05, 4.69) is 15.0 Å². The maximum Gasteiger partial charge on any atom is 0.243 e. The minimum Gasteiger partial charge on any atom is -0.369 e. The maximum absolute atomic E-state index is 13.3. The monoisotopic (exact) mass is 412 g/mol. The van der Waals surface area contributed by atoms with E-state index < -0.39 is 10.0 Å². The summed E-state index contributed by atoms with van der Waals surface area (Å²) in [5.41, 5.74) is 2.46. The van der Waals surface area contributed by atoms with Crippen molar-refractivity contribution in [3.8, 4) is 11.4 Å². The highest BCUT2D eigenvalue weighted by Crippen LogP contribution is 2.27. The highest BCUT2D eigenvalue weighted by atomic mass is 32.2. The number of aromatic nitrogens is 2. The van der Waals surface area contributed by atoms with Crippen molar-refractivity contribution in [2.24, 2.45) is 0 Å². The van der Waals surface area contributed by atoms with Gasteiger partial charge in [-0.1, -0.05) is 42.4 Å². The molecule has 0 aliphatic carbocycles. The molecular weight excluding hydrogens is 388 g/mol. The van der Waals surface area contributed by atoms with Crippen molar-refractivity contribution in [3.63, 3.8) is 0 Å². The Morgan fingerprint density at radius 1 is 1.03 bits per heavy atom. The third-order valence-electron chi connectivity index (χ3n) is 5.19. The average molecular weight is 413 g/mol. The number of hydrogen-bond acceptors (Lipinski definition) is 6. The summed E-state index contributed by atoms with van der Waals surface area (Å²) in [4.78, 5) is 6.82. The first kappa shape index (κ1) is 19.6. The van der Waals surface area contributed by atoms with Crippen LogP contribution >= 0.6 is 0 Å². The lowest BCUT2D eigenvalue weighted by Gasteiger charge is -2.35. The fourth-order valence-corrected chi connectivity index (χ4v) is 5.17. The quantitative estimate of drug-likeness (QED) is 0.641. The number of rotatable bonds is 5. The largest absolute Gasteiger partial charge is 0.369 e. The Bertz CT molecular complexity index is 1090. The van der Waals surface area contributed by atoms with Crippen molar-refractivity contribution in [2.75, 3.05) is 31.1 Å². The second kappa shape index (κ2) is 7.96. The number of anilines is 1. The molecule has 152 valence electrons. The van der Waals surface area contributed by atoms with E-state index in [9.17, 15) is 8.42 Å². The summed E-state index contributed by atoms with van der Waals surface area (Å²) in [6.07, 6.45) is 0.635. The second-order valence-electron chi connectivity index (χ2n) is 7.07. The average Bonchev–Trinajstić information content (AvgIpc) is 3.24. The van der Waals surface area contributed by atoms with Crippen LogP contribution in [-0.2, 0) is 16.4 Å². The molecule has 1 aromatic heterocycles. The Kier molecular flexibility index (Phi) is 5.38. The fraction of sp³-hybridized carbons (Fsp3) is 0.333. The lowest BCUT2D eigenvalue weighted by atomic mass is 10.1. The van der Waals surface area contributed by atoms with E-state index in [1.165, 1.54) is 0 Å². The molecule has 1 saturated heterocycles. The number of sulfonamides is 1. The minimum atomic E-state index is -3.61. The van der Waals surface area contributed by atoms with Crippen molar-refractivity contribution < 1.29 is 12.9 Å². The first-order chi connectivity index (χ1) is 14.0. The number of aryl methyl sites for hydroxylation is 2. The van der Waals surface area contributed by atoms with Crippen LogP contribution in [0.4, 0.5) is 5.69 Å². The van der Waals surface area contributed by atoms with Crippen LogP contribution in [0, 0.1) is 6.92 Å². The van der Waals surface area contributed by atoms with E-state index in [0.29, 0.717) is 60.3 Å². The zero-order chi connectivity index (χ0) is 20.4. The van der Waals surface area contributed by atoms with Gasteiger partial charge in [-0.3, -0.25) is 0 Å². The minimum absolute atomic E-state index is 0.297.